The lowest BCUT2D eigenvalue weighted by atomic mass is 9.89. The average molecular weight is 213 g/mol. The van der Waals surface area contributed by atoms with E-state index in [1.165, 1.54) is 0 Å². The zero-order valence-electron chi connectivity index (χ0n) is 8.09. The van der Waals surface area contributed by atoms with Gasteiger partial charge in [-0.05, 0) is 11.6 Å². The summed E-state index contributed by atoms with van der Waals surface area (Å²) in [7, 11) is 1.74. The Morgan fingerprint density at radius 3 is 2.93 bits per heavy atom. The number of pyridine rings is 1. The molecule has 1 aliphatic rings. The SMILES string of the molecule is COC1(Cc2cccnc2Cl)CNC1. The lowest BCUT2D eigenvalue weighted by Gasteiger charge is -2.41. The fourth-order valence-electron chi connectivity index (χ4n) is 1.64. The van der Waals surface area contributed by atoms with E-state index < -0.39 is 0 Å². The summed E-state index contributed by atoms with van der Waals surface area (Å²) in [5.41, 5.74) is 0.977. The summed E-state index contributed by atoms with van der Waals surface area (Å²) in [4.78, 5) is 4.05. The molecular formula is C10H13ClN2O. The van der Waals surface area contributed by atoms with Gasteiger partial charge in [-0.1, -0.05) is 17.7 Å². The minimum atomic E-state index is -0.0767. The van der Waals surface area contributed by atoms with Gasteiger partial charge in [-0.25, -0.2) is 4.98 Å². The average Bonchev–Trinajstić information content (AvgIpc) is 2.14. The molecular weight excluding hydrogens is 200 g/mol. The number of hydrogen-bond donors (Lipinski definition) is 1. The van der Waals surface area contributed by atoms with E-state index in [1.54, 1.807) is 13.3 Å². The summed E-state index contributed by atoms with van der Waals surface area (Å²) >= 11 is 5.98. The molecule has 0 spiro atoms. The molecule has 2 heterocycles. The molecule has 1 saturated heterocycles. The molecule has 2 rings (SSSR count). The van der Waals surface area contributed by atoms with Crippen molar-refractivity contribution in [2.45, 2.75) is 12.0 Å². The van der Waals surface area contributed by atoms with Crippen molar-refractivity contribution in [3.05, 3.63) is 29.0 Å². The van der Waals surface area contributed by atoms with Crippen molar-refractivity contribution < 1.29 is 4.74 Å². The Morgan fingerprint density at radius 1 is 1.64 bits per heavy atom. The van der Waals surface area contributed by atoms with Gasteiger partial charge in [-0.3, -0.25) is 0 Å². The van der Waals surface area contributed by atoms with Gasteiger partial charge in [0, 0.05) is 32.8 Å². The van der Waals surface area contributed by atoms with Crippen molar-refractivity contribution in [3.63, 3.8) is 0 Å². The van der Waals surface area contributed by atoms with E-state index >= 15 is 0 Å². The second-order valence-corrected chi connectivity index (χ2v) is 3.98. The molecule has 0 radical (unpaired) electrons. The van der Waals surface area contributed by atoms with Gasteiger partial charge in [0.25, 0.3) is 0 Å². The van der Waals surface area contributed by atoms with Gasteiger partial charge >= 0.3 is 0 Å². The van der Waals surface area contributed by atoms with E-state index in [-0.39, 0.29) is 5.60 Å². The number of ether oxygens (including phenoxy) is 1. The molecule has 0 aromatic carbocycles. The maximum absolute atomic E-state index is 5.98. The maximum Gasteiger partial charge on any atom is 0.132 e. The van der Waals surface area contributed by atoms with Crippen molar-refractivity contribution in [1.82, 2.24) is 10.3 Å². The van der Waals surface area contributed by atoms with Crippen LogP contribution in [0.1, 0.15) is 5.56 Å². The topological polar surface area (TPSA) is 34.1 Å². The van der Waals surface area contributed by atoms with E-state index in [0.717, 1.165) is 25.1 Å². The van der Waals surface area contributed by atoms with Crippen molar-refractivity contribution in [3.8, 4) is 0 Å². The number of rotatable bonds is 3. The number of nitrogens with one attached hydrogen (secondary N) is 1. The summed E-state index contributed by atoms with van der Waals surface area (Å²) in [5, 5.41) is 3.78. The molecule has 76 valence electrons. The van der Waals surface area contributed by atoms with E-state index in [4.69, 9.17) is 16.3 Å². The van der Waals surface area contributed by atoms with Crippen LogP contribution in [0.2, 0.25) is 5.15 Å². The van der Waals surface area contributed by atoms with Crippen LogP contribution in [0, 0.1) is 0 Å². The van der Waals surface area contributed by atoms with Crippen LogP contribution in [0.3, 0.4) is 0 Å². The van der Waals surface area contributed by atoms with E-state index in [1.807, 2.05) is 12.1 Å². The van der Waals surface area contributed by atoms with E-state index in [0.29, 0.717) is 5.15 Å². The summed E-state index contributed by atoms with van der Waals surface area (Å²) < 4.78 is 5.48. The third-order valence-electron chi connectivity index (χ3n) is 2.68. The van der Waals surface area contributed by atoms with Crippen molar-refractivity contribution >= 4 is 11.6 Å². The quantitative estimate of drug-likeness (QED) is 0.767. The first-order valence-corrected chi connectivity index (χ1v) is 4.99. The van der Waals surface area contributed by atoms with Gasteiger partial charge in [-0.15, -0.1) is 0 Å². The van der Waals surface area contributed by atoms with Gasteiger partial charge in [0.05, 0.1) is 5.60 Å². The van der Waals surface area contributed by atoms with Crippen LogP contribution in [0.25, 0.3) is 0 Å². The Labute approximate surface area is 88.4 Å². The Hall–Kier alpha value is -0.640. The molecule has 0 saturated carbocycles. The monoisotopic (exact) mass is 212 g/mol. The summed E-state index contributed by atoms with van der Waals surface area (Å²) in [6, 6.07) is 3.89. The lowest BCUT2D eigenvalue weighted by molar-refractivity contribution is -0.0502. The second-order valence-electron chi connectivity index (χ2n) is 3.62. The second kappa shape index (κ2) is 3.85. The molecule has 0 unspecified atom stereocenters. The zero-order valence-corrected chi connectivity index (χ0v) is 8.84. The normalized spacial score (nSPS) is 19.0. The molecule has 1 aromatic rings. The van der Waals surface area contributed by atoms with Gasteiger partial charge in [0.1, 0.15) is 5.15 Å². The minimum absolute atomic E-state index is 0.0767. The van der Waals surface area contributed by atoms with Gasteiger partial charge in [-0.2, -0.15) is 0 Å². The highest BCUT2D eigenvalue weighted by atomic mass is 35.5. The maximum atomic E-state index is 5.98. The lowest BCUT2D eigenvalue weighted by Crippen LogP contribution is -2.61. The first-order chi connectivity index (χ1) is 6.76. The van der Waals surface area contributed by atoms with Gasteiger partial charge < -0.3 is 10.1 Å². The first-order valence-electron chi connectivity index (χ1n) is 4.61. The first kappa shape index (κ1) is 9.90. The molecule has 0 aliphatic carbocycles. The van der Waals surface area contributed by atoms with Crippen LogP contribution >= 0.6 is 11.6 Å². The number of methoxy groups -OCH3 is 1. The number of nitrogens with zero attached hydrogens (tertiary/aromatic N) is 1. The molecule has 0 amide bonds. The van der Waals surface area contributed by atoms with Crippen LogP contribution in [-0.4, -0.2) is 30.8 Å². The molecule has 0 bridgehead atoms. The van der Waals surface area contributed by atoms with E-state index in [9.17, 15) is 0 Å². The largest absolute Gasteiger partial charge is 0.375 e. The van der Waals surface area contributed by atoms with Crippen molar-refractivity contribution in [2.24, 2.45) is 0 Å². The smallest absolute Gasteiger partial charge is 0.132 e. The number of aromatic nitrogens is 1. The van der Waals surface area contributed by atoms with E-state index in [2.05, 4.69) is 10.3 Å². The highest BCUT2D eigenvalue weighted by molar-refractivity contribution is 6.30. The summed E-state index contributed by atoms with van der Waals surface area (Å²) in [5.74, 6) is 0. The van der Waals surface area contributed by atoms with Crippen LogP contribution in [0.15, 0.2) is 18.3 Å². The molecule has 1 aromatic heterocycles. The summed E-state index contributed by atoms with van der Waals surface area (Å²) in [6.07, 6.45) is 2.52. The molecule has 4 heteroatoms. The Morgan fingerprint density at radius 2 is 2.43 bits per heavy atom. The molecule has 14 heavy (non-hydrogen) atoms. The molecule has 1 aliphatic heterocycles. The van der Waals surface area contributed by atoms with Gasteiger partial charge in [0.15, 0.2) is 0 Å². The highest BCUT2D eigenvalue weighted by Crippen LogP contribution is 2.24. The number of hydrogen-bond acceptors (Lipinski definition) is 3. The Bertz CT molecular complexity index is 320. The van der Waals surface area contributed by atoms with Crippen LogP contribution in [0.4, 0.5) is 0 Å². The fourth-order valence-corrected chi connectivity index (χ4v) is 1.83. The van der Waals surface area contributed by atoms with Crippen LogP contribution in [0.5, 0.6) is 0 Å². The fraction of sp³-hybridized carbons (Fsp3) is 0.500. The third kappa shape index (κ3) is 1.75. The van der Waals surface area contributed by atoms with Crippen molar-refractivity contribution in [2.75, 3.05) is 20.2 Å². The van der Waals surface area contributed by atoms with Gasteiger partial charge in [0.2, 0.25) is 0 Å². The molecule has 3 nitrogen and oxygen atoms in total. The van der Waals surface area contributed by atoms with Crippen molar-refractivity contribution in [1.29, 1.82) is 0 Å². The minimum Gasteiger partial charge on any atom is -0.375 e. The predicted octanol–water partition coefficient (Wildman–Crippen LogP) is 1.27. The zero-order chi connectivity index (χ0) is 10.0. The Balaban J connectivity index is 2.13. The highest BCUT2D eigenvalue weighted by Gasteiger charge is 2.37. The standard InChI is InChI=1S/C10H13ClN2O/c1-14-10(6-12-7-10)5-8-3-2-4-13-9(8)11/h2-4,12H,5-7H2,1H3. The number of halogens is 1. The Kier molecular flexibility index (Phi) is 2.72. The predicted molar refractivity (Wildman–Crippen MR) is 55.6 cm³/mol. The molecule has 1 N–H and O–H groups in total. The molecule has 1 fully saturated rings. The van der Waals surface area contributed by atoms with Crippen LogP contribution in [-0.2, 0) is 11.2 Å². The molecule has 0 atom stereocenters. The third-order valence-corrected chi connectivity index (χ3v) is 3.02. The van der Waals surface area contributed by atoms with Crippen LogP contribution < -0.4 is 5.32 Å². The summed E-state index contributed by atoms with van der Waals surface area (Å²) in [6.45, 7) is 1.77.